The van der Waals surface area contributed by atoms with Crippen LogP contribution in [-0.2, 0) is 4.79 Å². The number of likely N-dealkylation sites (N-methyl/N-ethyl adjacent to an activating group) is 2. The van der Waals surface area contributed by atoms with E-state index in [2.05, 4.69) is 19.9 Å². The van der Waals surface area contributed by atoms with E-state index in [1.807, 2.05) is 0 Å². The van der Waals surface area contributed by atoms with Crippen molar-refractivity contribution in [2.75, 3.05) is 50.6 Å². The van der Waals surface area contributed by atoms with E-state index < -0.39 is 0 Å². The van der Waals surface area contributed by atoms with Gasteiger partial charge in [-0.2, -0.15) is 15.0 Å². The molecule has 0 aliphatic carbocycles. The molecule has 0 radical (unpaired) electrons. The van der Waals surface area contributed by atoms with E-state index in [0.717, 1.165) is 25.9 Å². The Morgan fingerprint density at radius 1 is 1.20 bits per heavy atom. The quantitative estimate of drug-likeness (QED) is 0.813. The number of aromatic nitrogens is 3. The van der Waals surface area contributed by atoms with Crippen LogP contribution in [0.5, 0.6) is 0 Å². The third kappa shape index (κ3) is 3.47. The summed E-state index contributed by atoms with van der Waals surface area (Å²) in [5, 5.41) is 0.154. The summed E-state index contributed by atoms with van der Waals surface area (Å²) in [6, 6.07) is 0. The normalized spacial score (nSPS) is 14.5. The fourth-order valence-electron chi connectivity index (χ4n) is 1.97. The average molecular weight is 299 g/mol. The first kappa shape index (κ1) is 14.8. The minimum Gasteiger partial charge on any atom is -0.347 e. The number of carbonyl (C=O) groups is 1. The van der Waals surface area contributed by atoms with Gasteiger partial charge in [-0.15, -0.1) is 0 Å². The van der Waals surface area contributed by atoms with Crippen LogP contribution < -0.4 is 9.80 Å². The Hall–Kier alpha value is -1.63. The van der Waals surface area contributed by atoms with Crippen LogP contribution >= 0.6 is 11.6 Å². The molecule has 1 saturated heterocycles. The highest BCUT2D eigenvalue weighted by Crippen LogP contribution is 2.19. The van der Waals surface area contributed by atoms with Crippen molar-refractivity contribution in [2.45, 2.75) is 12.8 Å². The highest BCUT2D eigenvalue weighted by atomic mass is 35.5. The maximum Gasteiger partial charge on any atom is 0.241 e. The van der Waals surface area contributed by atoms with E-state index in [1.54, 1.807) is 26.0 Å². The molecule has 2 rings (SSSR count). The smallest absolute Gasteiger partial charge is 0.241 e. The molecule has 0 bridgehead atoms. The van der Waals surface area contributed by atoms with Crippen LogP contribution in [-0.4, -0.2) is 66.5 Å². The molecule has 1 aliphatic rings. The fraction of sp³-hybridized carbons (Fsp3) is 0.667. The van der Waals surface area contributed by atoms with Crippen molar-refractivity contribution < 1.29 is 4.79 Å². The van der Waals surface area contributed by atoms with Crippen LogP contribution in [0.3, 0.4) is 0 Å². The molecule has 1 aliphatic heterocycles. The van der Waals surface area contributed by atoms with Crippen LogP contribution in [0.2, 0.25) is 5.28 Å². The van der Waals surface area contributed by atoms with E-state index in [1.165, 1.54) is 4.90 Å². The van der Waals surface area contributed by atoms with Gasteiger partial charge in [0.15, 0.2) is 0 Å². The SMILES string of the molecule is CN(C)C(=O)CN(C)c1nc(Cl)nc(N2CCCC2)n1. The number of halogens is 1. The van der Waals surface area contributed by atoms with E-state index >= 15 is 0 Å². The first-order chi connectivity index (χ1) is 9.47. The van der Waals surface area contributed by atoms with Gasteiger partial charge in [-0.25, -0.2) is 0 Å². The molecule has 0 atom stereocenters. The van der Waals surface area contributed by atoms with Gasteiger partial charge in [0.25, 0.3) is 0 Å². The predicted octanol–water partition coefficient (Wildman–Crippen LogP) is 0.650. The zero-order valence-electron chi connectivity index (χ0n) is 12.0. The molecule has 8 heteroatoms. The molecular formula is C12H19ClN6O. The van der Waals surface area contributed by atoms with Crippen molar-refractivity contribution in [1.29, 1.82) is 0 Å². The topological polar surface area (TPSA) is 65.5 Å². The summed E-state index contributed by atoms with van der Waals surface area (Å²) in [5.41, 5.74) is 0. The van der Waals surface area contributed by atoms with Gasteiger partial charge in [-0.05, 0) is 24.4 Å². The lowest BCUT2D eigenvalue weighted by Crippen LogP contribution is -2.35. The van der Waals surface area contributed by atoms with Gasteiger partial charge in [0, 0.05) is 34.2 Å². The number of nitrogens with zero attached hydrogens (tertiary/aromatic N) is 6. The van der Waals surface area contributed by atoms with E-state index in [4.69, 9.17) is 11.6 Å². The Kier molecular flexibility index (Phi) is 4.59. The van der Waals surface area contributed by atoms with Crippen molar-refractivity contribution in [2.24, 2.45) is 0 Å². The molecule has 0 unspecified atom stereocenters. The highest BCUT2D eigenvalue weighted by Gasteiger charge is 2.19. The third-order valence-corrected chi connectivity index (χ3v) is 3.36. The van der Waals surface area contributed by atoms with E-state index in [-0.39, 0.29) is 17.7 Å². The molecule has 1 fully saturated rings. The number of rotatable bonds is 4. The number of hydrogen-bond donors (Lipinski definition) is 0. The first-order valence-electron chi connectivity index (χ1n) is 6.55. The Balaban J connectivity index is 2.16. The van der Waals surface area contributed by atoms with Crippen molar-refractivity contribution in [1.82, 2.24) is 19.9 Å². The van der Waals surface area contributed by atoms with Gasteiger partial charge in [0.1, 0.15) is 0 Å². The molecule has 1 aromatic heterocycles. The third-order valence-electron chi connectivity index (χ3n) is 3.19. The molecule has 0 N–H and O–H groups in total. The summed E-state index contributed by atoms with van der Waals surface area (Å²) >= 11 is 5.96. The number of carbonyl (C=O) groups excluding carboxylic acids is 1. The Morgan fingerprint density at radius 2 is 1.85 bits per heavy atom. The Labute approximate surface area is 123 Å². The molecule has 1 amide bonds. The second-order valence-corrected chi connectivity index (χ2v) is 5.38. The monoisotopic (exact) mass is 298 g/mol. The van der Waals surface area contributed by atoms with E-state index in [0.29, 0.717) is 11.9 Å². The van der Waals surface area contributed by atoms with Crippen LogP contribution in [0.15, 0.2) is 0 Å². The van der Waals surface area contributed by atoms with Crippen LogP contribution in [0.25, 0.3) is 0 Å². The van der Waals surface area contributed by atoms with Crippen LogP contribution in [0.4, 0.5) is 11.9 Å². The molecule has 2 heterocycles. The minimum atomic E-state index is -0.0215. The van der Waals surface area contributed by atoms with Gasteiger partial charge in [-0.3, -0.25) is 4.79 Å². The van der Waals surface area contributed by atoms with Gasteiger partial charge >= 0.3 is 0 Å². The number of anilines is 2. The largest absolute Gasteiger partial charge is 0.347 e. The summed E-state index contributed by atoms with van der Waals surface area (Å²) in [7, 11) is 5.19. The Bertz CT molecular complexity index is 489. The molecule has 0 spiro atoms. The molecule has 0 saturated carbocycles. The molecule has 1 aromatic rings. The summed E-state index contributed by atoms with van der Waals surface area (Å²) in [6.07, 6.45) is 2.27. The fourth-order valence-corrected chi connectivity index (χ4v) is 2.12. The maximum absolute atomic E-state index is 11.7. The summed E-state index contributed by atoms with van der Waals surface area (Å²) in [5.74, 6) is 0.982. The highest BCUT2D eigenvalue weighted by molar-refractivity contribution is 6.28. The average Bonchev–Trinajstić information content (AvgIpc) is 2.91. The second-order valence-electron chi connectivity index (χ2n) is 5.04. The Morgan fingerprint density at radius 3 is 2.45 bits per heavy atom. The molecule has 0 aromatic carbocycles. The minimum absolute atomic E-state index is 0.0215. The summed E-state index contributed by atoms with van der Waals surface area (Å²) < 4.78 is 0. The maximum atomic E-state index is 11.7. The standard InChI is InChI=1S/C12H19ClN6O/c1-17(2)9(20)8-18(3)11-14-10(13)15-12(16-11)19-6-4-5-7-19/h4-8H2,1-3H3. The van der Waals surface area contributed by atoms with E-state index in [9.17, 15) is 4.79 Å². The molecule has 110 valence electrons. The second kappa shape index (κ2) is 6.21. The predicted molar refractivity (Wildman–Crippen MR) is 78.2 cm³/mol. The zero-order chi connectivity index (χ0) is 14.7. The van der Waals surface area contributed by atoms with Gasteiger partial charge in [0.2, 0.25) is 23.1 Å². The molecular weight excluding hydrogens is 280 g/mol. The first-order valence-corrected chi connectivity index (χ1v) is 6.93. The zero-order valence-corrected chi connectivity index (χ0v) is 12.8. The van der Waals surface area contributed by atoms with Gasteiger partial charge < -0.3 is 14.7 Å². The van der Waals surface area contributed by atoms with Crippen molar-refractivity contribution in [3.05, 3.63) is 5.28 Å². The van der Waals surface area contributed by atoms with Gasteiger partial charge in [-0.1, -0.05) is 0 Å². The lowest BCUT2D eigenvalue weighted by Gasteiger charge is -2.21. The summed E-state index contributed by atoms with van der Waals surface area (Å²) in [6.45, 7) is 2.06. The van der Waals surface area contributed by atoms with Crippen LogP contribution in [0, 0.1) is 0 Å². The van der Waals surface area contributed by atoms with Crippen molar-refractivity contribution in [3.63, 3.8) is 0 Å². The number of amides is 1. The van der Waals surface area contributed by atoms with Gasteiger partial charge in [0.05, 0.1) is 6.54 Å². The number of hydrogen-bond acceptors (Lipinski definition) is 6. The molecule has 20 heavy (non-hydrogen) atoms. The van der Waals surface area contributed by atoms with Crippen LogP contribution in [0.1, 0.15) is 12.8 Å². The lowest BCUT2D eigenvalue weighted by atomic mass is 10.4. The van der Waals surface area contributed by atoms with Crippen molar-refractivity contribution in [3.8, 4) is 0 Å². The summed E-state index contributed by atoms with van der Waals surface area (Å²) in [4.78, 5) is 29.7. The lowest BCUT2D eigenvalue weighted by molar-refractivity contribution is -0.127. The van der Waals surface area contributed by atoms with Crippen molar-refractivity contribution >= 4 is 29.4 Å². The molecule has 7 nitrogen and oxygen atoms in total.